The SMILES string of the molecule is CC1(C)C#C/C=C2/CCCC=C2C#CC(O)C1. The van der Waals surface area contributed by atoms with Crippen LogP contribution in [0.5, 0.6) is 0 Å². The van der Waals surface area contributed by atoms with E-state index in [0.717, 1.165) is 18.4 Å². The van der Waals surface area contributed by atoms with E-state index in [-0.39, 0.29) is 5.41 Å². The maximum Gasteiger partial charge on any atom is 0.116 e. The second kappa shape index (κ2) is 4.82. The molecule has 2 aliphatic carbocycles. The molecule has 0 saturated carbocycles. The first kappa shape index (κ1) is 12.0. The van der Waals surface area contributed by atoms with Crippen molar-refractivity contribution in [3.8, 4) is 23.7 Å². The maximum absolute atomic E-state index is 9.87. The molecule has 2 aliphatic rings. The minimum absolute atomic E-state index is 0.180. The van der Waals surface area contributed by atoms with Crippen molar-refractivity contribution in [3.05, 3.63) is 23.3 Å². The molecule has 17 heavy (non-hydrogen) atoms. The van der Waals surface area contributed by atoms with Crippen molar-refractivity contribution >= 4 is 0 Å². The molecule has 0 saturated heterocycles. The van der Waals surface area contributed by atoms with Gasteiger partial charge < -0.3 is 5.11 Å². The summed E-state index contributed by atoms with van der Waals surface area (Å²) in [5.41, 5.74) is 2.10. The Morgan fingerprint density at radius 1 is 1.41 bits per heavy atom. The molecular weight excluding hydrogens is 208 g/mol. The Morgan fingerprint density at radius 2 is 2.24 bits per heavy atom. The Labute approximate surface area is 104 Å². The Morgan fingerprint density at radius 3 is 3.06 bits per heavy atom. The lowest BCUT2D eigenvalue weighted by Crippen LogP contribution is -2.18. The smallest absolute Gasteiger partial charge is 0.116 e. The normalized spacial score (nSPS) is 29.2. The number of allylic oxidation sites excluding steroid dienone is 4. The van der Waals surface area contributed by atoms with E-state index in [1.54, 1.807) is 0 Å². The highest BCUT2D eigenvalue weighted by Gasteiger charge is 2.19. The molecule has 0 aromatic heterocycles. The van der Waals surface area contributed by atoms with Gasteiger partial charge in [0.25, 0.3) is 0 Å². The molecule has 1 atom stereocenters. The summed E-state index contributed by atoms with van der Waals surface area (Å²) in [4.78, 5) is 0. The summed E-state index contributed by atoms with van der Waals surface area (Å²) >= 11 is 0. The fourth-order valence-electron chi connectivity index (χ4n) is 2.15. The third-order valence-corrected chi connectivity index (χ3v) is 3.08. The molecule has 0 fully saturated rings. The molecule has 2 rings (SSSR count). The zero-order chi connectivity index (χ0) is 12.3. The van der Waals surface area contributed by atoms with Gasteiger partial charge in [-0.1, -0.05) is 29.8 Å². The van der Waals surface area contributed by atoms with E-state index < -0.39 is 6.10 Å². The van der Waals surface area contributed by atoms with Crippen LogP contribution in [0.15, 0.2) is 23.3 Å². The molecule has 1 N–H and O–H groups in total. The average Bonchev–Trinajstić information content (AvgIpc) is 2.26. The van der Waals surface area contributed by atoms with Gasteiger partial charge in [-0.05, 0) is 44.8 Å². The molecular formula is C16H18O. The first-order valence-electron chi connectivity index (χ1n) is 6.19. The highest BCUT2D eigenvalue weighted by Crippen LogP contribution is 2.25. The minimum Gasteiger partial charge on any atom is -0.380 e. The van der Waals surface area contributed by atoms with E-state index in [2.05, 4.69) is 29.8 Å². The van der Waals surface area contributed by atoms with Gasteiger partial charge in [0, 0.05) is 17.4 Å². The Hall–Kier alpha value is -1.44. The van der Waals surface area contributed by atoms with E-state index in [9.17, 15) is 5.11 Å². The second-order valence-corrected chi connectivity index (χ2v) is 5.32. The standard InChI is InChI=1S/C16H18O/c1-16(2)11-5-8-13-6-3-4-7-14(13)9-10-15(17)12-16/h7-8,15,17H,3-4,6,12H2,1-2H3/b13-8-. The molecule has 0 bridgehead atoms. The lowest BCUT2D eigenvalue weighted by Gasteiger charge is -2.19. The van der Waals surface area contributed by atoms with Gasteiger partial charge in [0.1, 0.15) is 6.10 Å². The van der Waals surface area contributed by atoms with Crippen LogP contribution in [-0.2, 0) is 0 Å². The fraction of sp³-hybridized carbons (Fsp3) is 0.500. The zero-order valence-corrected chi connectivity index (χ0v) is 10.5. The number of hydrogen-bond donors (Lipinski definition) is 1. The van der Waals surface area contributed by atoms with Gasteiger partial charge in [0.15, 0.2) is 0 Å². The van der Waals surface area contributed by atoms with E-state index in [1.807, 2.05) is 19.9 Å². The molecule has 1 unspecified atom stereocenters. The van der Waals surface area contributed by atoms with Gasteiger partial charge in [-0.3, -0.25) is 0 Å². The lowest BCUT2D eigenvalue weighted by atomic mass is 9.86. The number of rotatable bonds is 0. The van der Waals surface area contributed by atoms with E-state index in [4.69, 9.17) is 0 Å². The molecule has 0 amide bonds. The lowest BCUT2D eigenvalue weighted by molar-refractivity contribution is 0.185. The largest absolute Gasteiger partial charge is 0.380 e. The van der Waals surface area contributed by atoms with E-state index in [1.165, 1.54) is 12.0 Å². The van der Waals surface area contributed by atoms with Gasteiger partial charge in [-0.25, -0.2) is 0 Å². The Balaban J connectivity index is 2.40. The minimum atomic E-state index is -0.582. The van der Waals surface area contributed by atoms with Crippen LogP contribution in [0.2, 0.25) is 0 Å². The van der Waals surface area contributed by atoms with Crippen molar-refractivity contribution in [3.63, 3.8) is 0 Å². The Bertz CT molecular complexity index is 483. The van der Waals surface area contributed by atoms with Gasteiger partial charge in [0.05, 0.1) is 0 Å². The highest BCUT2D eigenvalue weighted by atomic mass is 16.3. The van der Waals surface area contributed by atoms with E-state index in [0.29, 0.717) is 6.42 Å². The summed E-state index contributed by atoms with van der Waals surface area (Å²) in [7, 11) is 0. The molecule has 0 radical (unpaired) electrons. The monoisotopic (exact) mass is 226 g/mol. The van der Waals surface area contributed by atoms with Crippen LogP contribution in [0.3, 0.4) is 0 Å². The molecule has 1 nitrogen and oxygen atoms in total. The summed E-state index contributed by atoms with van der Waals surface area (Å²) in [6.07, 6.45) is 7.47. The van der Waals surface area contributed by atoms with Crippen LogP contribution < -0.4 is 0 Å². The van der Waals surface area contributed by atoms with Crippen LogP contribution in [-0.4, -0.2) is 11.2 Å². The van der Waals surface area contributed by atoms with E-state index >= 15 is 0 Å². The van der Waals surface area contributed by atoms with Crippen LogP contribution in [0, 0.1) is 29.1 Å². The number of aliphatic hydroxyl groups is 1. The summed E-state index contributed by atoms with van der Waals surface area (Å²) in [6, 6.07) is 0. The van der Waals surface area contributed by atoms with Gasteiger partial charge in [-0.15, -0.1) is 0 Å². The topological polar surface area (TPSA) is 20.2 Å². The third-order valence-electron chi connectivity index (χ3n) is 3.08. The van der Waals surface area contributed by atoms with Crippen molar-refractivity contribution in [2.75, 3.05) is 0 Å². The maximum atomic E-state index is 9.87. The zero-order valence-electron chi connectivity index (χ0n) is 10.5. The first-order chi connectivity index (χ1) is 8.07. The van der Waals surface area contributed by atoms with Crippen LogP contribution in [0.1, 0.15) is 39.5 Å². The predicted molar refractivity (Wildman–Crippen MR) is 70.0 cm³/mol. The number of hydrogen-bond acceptors (Lipinski definition) is 1. The molecule has 1 heteroatoms. The van der Waals surface area contributed by atoms with Crippen molar-refractivity contribution < 1.29 is 5.11 Å². The van der Waals surface area contributed by atoms with Crippen LogP contribution in [0.4, 0.5) is 0 Å². The molecule has 88 valence electrons. The van der Waals surface area contributed by atoms with Crippen LogP contribution >= 0.6 is 0 Å². The van der Waals surface area contributed by atoms with Crippen molar-refractivity contribution in [1.29, 1.82) is 0 Å². The van der Waals surface area contributed by atoms with Gasteiger partial charge in [0.2, 0.25) is 0 Å². The van der Waals surface area contributed by atoms with Crippen LogP contribution in [0.25, 0.3) is 0 Å². The first-order valence-corrected chi connectivity index (χ1v) is 6.19. The summed E-state index contributed by atoms with van der Waals surface area (Å²) in [5.74, 6) is 12.4. The number of aliphatic hydroxyl groups excluding tert-OH is 1. The van der Waals surface area contributed by atoms with Crippen molar-refractivity contribution in [2.24, 2.45) is 5.41 Å². The second-order valence-electron chi connectivity index (χ2n) is 5.32. The summed E-state index contributed by atoms with van der Waals surface area (Å²) < 4.78 is 0. The average molecular weight is 226 g/mol. The molecule has 0 aliphatic heterocycles. The summed E-state index contributed by atoms with van der Waals surface area (Å²) in [6.45, 7) is 4.09. The fourth-order valence-corrected chi connectivity index (χ4v) is 2.15. The summed E-state index contributed by atoms with van der Waals surface area (Å²) in [5, 5.41) is 9.87. The molecule has 0 aromatic rings. The predicted octanol–water partition coefficient (Wildman–Crippen LogP) is 2.82. The molecule has 0 spiro atoms. The van der Waals surface area contributed by atoms with Gasteiger partial charge >= 0.3 is 0 Å². The molecule has 0 aromatic carbocycles. The highest BCUT2D eigenvalue weighted by molar-refractivity contribution is 5.50. The Kier molecular flexibility index (Phi) is 3.41. The third kappa shape index (κ3) is 3.26. The quantitative estimate of drug-likeness (QED) is 0.630. The molecule has 0 heterocycles. The number of fused-ring (bicyclic) bond motifs is 1. The van der Waals surface area contributed by atoms with Crippen molar-refractivity contribution in [2.45, 2.75) is 45.6 Å². The van der Waals surface area contributed by atoms with Gasteiger partial charge in [-0.2, -0.15) is 0 Å². The van der Waals surface area contributed by atoms with Crippen molar-refractivity contribution in [1.82, 2.24) is 0 Å².